The second-order valence-corrected chi connectivity index (χ2v) is 4.10. The molecule has 0 atom stereocenters. The molecule has 0 aromatic carbocycles. The predicted molar refractivity (Wildman–Crippen MR) is 37.9 cm³/mol. The van der Waals surface area contributed by atoms with Crippen LogP contribution in [0, 0.1) is 5.25 Å². The monoisotopic (exact) mass is 163 g/mol. The Labute approximate surface area is 61.2 Å². The molecule has 1 fully saturated rings. The molecule has 59 valence electrons. The summed E-state index contributed by atoms with van der Waals surface area (Å²) >= 11 is 0. The standard InChI is InChI=1S/C6H11O3S/c7-10(8,9)6-4-2-1-3-5-6/h1-5H2,(H,7,8,9). The summed E-state index contributed by atoms with van der Waals surface area (Å²) in [5.41, 5.74) is 0. The minimum atomic E-state index is -3.81. The smallest absolute Gasteiger partial charge is 0.272 e. The molecule has 0 aromatic rings. The molecule has 10 heavy (non-hydrogen) atoms. The zero-order valence-corrected chi connectivity index (χ0v) is 6.52. The molecule has 1 radical (unpaired) electrons. The Hall–Kier alpha value is -0.0900. The molecule has 1 saturated carbocycles. The van der Waals surface area contributed by atoms with Crippen LogP contribution in [-0.2, 0) is 10.1 Å². The van der Waals surface area contributed by atoms with Crippen LogP contribution in [0.2, 0.25) is 0 Å². The molecule has 1 N–H and O–H groups in total. The fourth-order valence-electron chi connectivity index (χ4n) is 1.20. The Kier molecular flexibility index (Phi) is 2.31. The quantitative estimate of drug-likeness (QED) is 0.594. The van der Waals surface area contributed by atoms with Crippen LogP contribution in [0.25, 0.3) is 0 Å². The first kappa shape index (κ1) is 8.01. The van der Waals surface area contributed by atoms with E-state index in [1.807, 2.05) is 0 Å². The van der Waals surface area contributed by atoms with Crippen LogP contribution < -0.4 is 0 Å². The average molecular weight is 163 g/mol. The molecule has 0 amide bonds. The van der Waals surface area contributed by atoms with Crippen LogP contribution in [0.4, 0.5) is 0 Å². The van der Waals surface area contributed by atoms with Gasteiger partial charge in [0, 0.05) is 0 Å². The third kappa shape index (κ3) is 1.95. The van der Waals surface area contributed by atoms with E-state index in [2.05, 4.69) is 0 Å². The molecular weight excluding hydrogens is 152 g/mol. The van der Waals surface area contributed by atoms with Crippen molar-refractivity contribution in [2.24, 2.45) is 0 Å². The van der Waals surface area contributed by atoms with E-state index in [1.54, 1.807) is 0 Å². The van der Waals surface area contributed by atoms with Gasteiger partial charge < -0.3 is 0 Å². The molecule has 1 aliphatic carbocycles. The van der Waals surface area contributed by atoms with Crippen LogP contribution in [-0.4, -0.2) is 13.0 Å². The van der Waals surface area contributed by atoms with E-state index < -0.39 is 10.1 Å². The zero-order valence-electron chi connectivity index (χ0n) is 5.71. The fraction of sp³-hybridized carbons (Fsp3) is 0.833. The SMILES string of the molecule is O=S(=O)(O)[C]1CCCCC1. The van der Waals surface area contributed by atoms with Crippen LogP contribution in [0.15, 0.2) is 0 Å². The van der Waals surface area contributed by atoms with Crippen molar-refractivity contribution in [3.63, 3.8) is 0 Å². The lowest BCUT2D eigenvalue weighted by Gasteiger charge is -2.16. The Morgan fingerprint density at radius 2 is 1.60 bits per heavy atom. The molecule has 1 rings (SSSR count). The van der Waals surface area contributed by atoms with Gasteiger partial charge in [-0.15, -0.1) is 0 Å². The lowest BCUT2D eigenvalue weighted by atomic mass is 10.0. The van der Waals surface area contributed by atoms with Crippen molar-refractivity contribution in [3.8, 4) is 0 Å². The molecular formula is C6H11O3S. The maximum absolute atomic E-state index is 10.5. The van der Waals surface area contributed by atoms with Gasteiger partial charge in [0.2, 0.25) is 0 Å². The summed E-state index contributed by atoms with van der Waals surface area (Å²) in [6, 6.07) is 0. The second-order valence-electron chi connectivity index (χ2n) is 2.57. The molecule has 3 nitrogen and oxygen atoms in total. The highest BCUT2D eigenvalue weighted by atomic mass is 32.2. The van der Waals surface area contributed by atoms with Gasteiger partial charge in [-0.2, -0.15) is 8.42 Å². The number of hydrogen-bond acceptors (Lipinski definition) is 2. The van der Waals surface area contributed by atoms with E-state index in [0.29, 0.717) is 18.1 Å². The Bertz CT molecular complexity index is 189. The summed E-state index contributed by atoms with van der Waals surface area (Å²) < 4.78 is 29.6. The largest absolute Gasteiger partial charge is 0.285 e. The average Bonchev–Trinajstić information content (AvgIpc) is 1.88. The van der Waals surface area contributed by atoms with Gasteiger partial charge >= 0.3 is 0 Å². The molecule has 0 aliphatic heterocycles. The lowest BCUT2D eigenvalue weighted by Crippen LogP contribution is -2.14. The van der Waals surface area contributed by atoms with Gasteiger partial charge in [-0.05, 0) is 12.8 Å². The van der Waals surface area contributed by atoms with Gasteiger partial charge in [0.05, 0.1) is 0 Å². The zero-order chi connectivity index (χ0) is 7.61. The second kappa shape index (κ2) is 2.88. The summed E-state index contributed by atoms with van der Waals surface area (Å²) in [5.74, 6) is 0. The van der Waals surface area contributed by atoms with E-state index >= 15 is 0 Å². The molecule has 0 heterocycles. The van der Waals surface area contributed by atoms with Gasteiger partial charge in [0.1, 0.15) is 5.25 Å². The summed E-state index contributed by atoms with van der Waals surface area (Å²) in [6.07, 6.45) is 3.99. The summed E-state index contributed by atoms with van der Waals surface area (Å²) in [4.78, 5) is 0. The van der Waals surface area contributed by atoms with Crippen molar-refractivity contribution in [2.45, 2.75) is 32.1 Å². The molecule has 0 aromatic heterocycles. The van der Waals surface area contributed by atoms with Crippen molar-refractivity contribution in [2.75, 3.05) is 0 Å². The van der Waals surface area contributed by atoms with Crippen molar-refractivity contribution in [3.05, 3.63) is 5.25 Å². The molecule has 1 aliphatic rings. The van der Waals surface area contributed by atoms with E-state index in [1.165, 1.54) is 0 Å². The first-order chi connectivity index (χ1) is 4.61. The van der Waals surface area contributed by atoms with E-state index in [9.17, 15) is 8.42 Å². The lowest BCUT2D eigenvalue weighted by molar-refractivity contribution is 0.461. The van der Waals surface area contributed by atoms with Crippen LogP contribution in [0.3, 0.4) is 0 Å². The van der Waals surface area contributed by atoms with E-state index in [0.717, 1.165) is 19.3 Å². The Morgan fingerprint density at radius 3 is 1.90 bits per heavy atom. The maximum atomic E-state index is 10.5. The van der Waals surface area contributed by atoms with Gasteiger partial charge in [0.25, 0.3) is 10.1 Å². The van der Waals surface area contributed by atoms with Gasteiger partial charge in [-0.3, -0.25) is 4.55 Å². The molecule has 0 bridgehead atoms. The highest BCUT2D eigenvalue weighted by molar-refractivity contribution is 7.88. The van der Waals surface area contributed by atoms with E-state index in [4.69, 9.17) is 4.55 Å². The normalized spacial score (nSPS) is 22.9. The van der Waals surface area contributed by atoms with E-state index in [-0.39, 0.29) is 0 Å². The van der Waals surface area contributed by atoms with Crippen LogP contribution in [0.1, 0.15) is 32.1 Å². The highest BCUT2D eigenvalue weighted by Gasteiger charge is 2.25. The van der Waals surface area contributed by atoms with Crippen molar-refractivity contribution in [1.29, 1.82) is 0 Å². The first-order valence-electron chi connectivity index (χ1n) is 3.43. The molecule has 0 saturated heterocycles. The third-order valence-corrected chi connectivity index (χ3v) is 2.91. The summed E-state index contributed by atoms with van der Waals surface area (Å²) in [6.45, 7) is 0. The Balaban J connectivity index is 2.56. The first-order valence-corrected chi connectivity index (χ1v) is 4.87. The van der Waals surface area contributed by atoms with Gasteiger partial charge in [-0.1, -0.05) is 19.3 Å². The molecule has 0 unspecified atom stereocenters. The van der Waals surface area contributed by atoms with Crippen LogP contribution in [0.5, 0.6) is 0 Å². The maximum Gasteiger partial charge on any atom is 0.272 e. The predicted octanol–water partition coefficient (Wildman–Crippen LogP) is 1.37. The van der Waals surface area contributed by atoms with Crippen molar-refractivity contribution >= 4 is 10.1 Å². The topological polar surface area (TPSA) is 54.4 Å². The summed E-state index contributed by atoms with van der Waals surface area (Å²) in [7, 11) is -3.81. The van der Waals surface area contributed by atoms with Crippen molar-refractivity contribution < 1.29 is 13.0 Å². The molecule has 0 spiro atoms. The minimum Gasteiger partial charge on any atom is -0.285 e. The third-order valence-electron chi connectivity index (χ3n) is 1.78. The van der Waals surface area contributed by atoms with Gasteiger partial charge in [-0.25, -0.2) is 0 Å². The summed E-state index contributed by atoms with van der Waals surface area (Å²) in [5, 5.41) is 0.318. The molecule has 4 heteroatoms. The number of rotatable bonds is 1. The van der Waals surface area contributed by atoms with Gasteiger partial charge in [0.15, 0.2) is 0 Å². The fourth-order valence-corrected chi connectivity index (χ4v) is 2.01. The highest BCUT2D eigenvalue weighted by Crippen LogP contribution is 2.28. The van der Waals surface area contributed by atoms with Crippen LogP contribution >= 0.6 is 0 Å². The Morgan fingerprint density at radius 1 is 1.10 bits per heavy atom. The number of hydrogen-bond donors (Lipinski definition) is 1. The van der Waals surface area contributed by atoms with Crippen molar-refractivity contribution in [1.82, 2.24) is 0 Å². The minimum absolute atomic E-state index is 0.318.